The minimum absolute atomic E-state index is 0.0769. The molecule has 0 atom stereocenters. The number of aliphatic hydroxyl groups is 1. The van der Waals surface area contributed by atoms with Crippen LogP contribution >= 0.6 is 0 Å². The highest BCUT2D eigenvalue weighted by molar-refractivity contribution is 5.76. The number of aliphatic hydroxyl groups excluding tert-OH is 1. The van der Waals surface area contributed by atoms with E-state index in [2.05, 4.69) is 22.0 Å². The molecule has 0 unspecified atom stereocenters. The first-order valence-electron chi connectivity index (χ1n) is 8.23. The molecule has 0 fully saturated rings. The molecule has 1 N–H and O–H groups in total. The van der Waals surface area contributed by atoms with Gasteiger partial charge in [0.25, 0.3) is 0 Å². The van der Waals surface area contributed by atoms with E-state index >= 15 is 0 Å². The number of rotatable bonds is 7. The number of nitrogens with zero attached hydrogens (tertiary/aromatic N) is 3. The lowest BCUT2D eigenvalue weighted by molar-refractivity contribution is 0.180. The Hall–Kier alpha value is -2.24. The molecular weight excluding hydrogens is 305 g/mol. The highest BCUT2D eigenvalue weighted by Gasteiger charge is 2.15. The first-order valence-corrected chi connectivity index (χ1v) is 8.23. The molecule has 0 bridgehead atoms. The van der Waals surface area contributed by atoms with Crippen LogP contribution in [-0.4, -0.2) is 32.7 Å². The fourth-order valence-electron chi connectivity index (χ4n) is 3.03. The van der Waals surface area contributed by atoms with Crippen LogP contribution in [0.1, 0.15) is 18.3 Å². The van der Waals surface area contributed by atoms with E-state index in [1.165, 1.54) is 11.6 Å². The molecule has 0 aliphatic carbocycles. The van der Waals surface area contributed by atoms with Crippen LogP contribution in [0.3, 0.4) is 0 Å². The quantitative estimate of drug-likeness (QED) is 0.724. The molecule has 5 heteroatoms. The molecule has 1 aromatic heterocycles. The lowest BCUT2D eigenvalue weighted by atomic mass is 10.2. The summed E-state index contributed by atoms with van der Waals surface area (Å²) < 4.78 is 16.1. The maximum atomic E-state index is 14.0. The Bertz CT molecular complexity index is 801. The largest absolute Gasteiger partial charge is 0.395 e. The van der Waals surface area contributed by atoms with E-state index in [9.17, 15) is 9.50 Å². The first-order chi connectivity index (χ1) is 11.7. The first kappa shape index (κ1) is 16.6. The van der Waals surface area contributed by atoms with Crippen molar-refractivity contribution in [3.05, 3.63) is 65.7 Å². The number of aromatic nitrogens is 2. The van der Waals surface area contributed by atoms with Gasteiger partial charge in [-0.15, -0.1) is 0 Å². The van der Waals surface area contributed by atoms with Crippen LogP contribution in [0.25, 0.3) is 11.0 Å². The fraction of sp³-hybridized carbons (Fsp3) is 0.316. The van der Waals surface area contributed by atoms with Gasteiger partial charge in [0.2, 0.25) is 0 Å². The molecule has 24 heavy (non-hydrogen) atoms. The third-order valence-corrected chi connectivity index (χ3v) is 4.16. The van der Waals surface area contributed by atoms with Crippen molar-refractivity contribution in [1.29, 1.82) is 0 Å². The standard InChI is InChI=1S/C19H22FN3O/c1-2-23-17-10-6-9-16(20)19(17)21-18(23)14-22(11-12-24)13-15-7-4-3-5-8-15/h3-10,24H,2,11-14H2,1H3. The summed E-state index contributed by atoms with van der Waals surface area (Å²) >= 11 is 0. The number of hydrogen-bond donors (Lipinski definition) is 1. The number of hydrogen-bond acceptors (Lipinski definition) is 3. The van der Waals surface area contributed by atoms with Gasteiger partial charge < -0.3 is 9.67 Å². The Morgan fingerprint density at radius 3 is 2.58 bits per heavy atom. The molecule has 0 aliphatic rings. The van der Waals surface area contributed by atoms with Gasteiger partial charge in [-0.25, -0.2) is 9.37 Å². The Labute approximate surface area is 141 Å². The summed E-state index contributed by atoms with van der Waals surface area (Å²) in [4.78, 5) is 6.64. The molecule has 3 aromatic rings. The summed E-state index contributed by atoms with van der Waals surface area (Å²) in [5.41, 5.74) is 2.41. The molecule has 1 heterocycles. The fourth-order valence-corrected chi connectivity index (χ4v) is 3.03. The number of halogens is 1. The van der Waals surface area contributed by atoms with Crippen molar-refractivity contribution in [3.8, 4) is 0 Å². The van der Waals surface area contributed by atoms with Gasteiger partial charge in [0.1, 0.15) is 11.3 Å². The Balaban J connectivity index is 1.89. The number of imidazole rings is 1. The third-order valence-electron chi connectivity index (χ3n) is 4.16. The summed E-state index contributed by atoms with van der Waals surface area (Å²) in [6.45, 7) is 4.67. The van der Waals surface area contributed by atoms with E-state index in [4.69, 9.17) is 0 Å². The second-order valence-electron chi connectivity index (χ2n) is 5.80. The van der Waals surface area contributed by atoms with Gasteiger partial charge in [0.15, 0.2) is 5.82 Å². The van der Waals surface area contributed by atoms with E-state index in [0.717, 1.165) is 24.4 Å². The second-order valence-corrected chi connectivity index (χ2v) is 5.80. The normalized spacial score (nSPS) is 11.5. The molecule has 0 aliphatic heterocycles. The van der Waals surface area contributed by atoms with Crippen LogP contribution in [0.2, 0.25) is 0 Å². The van der Waals surface area contributed by atoms with Gasteiger partial charge in [-0.3, -0.25) is 4.90 Å². The molecule has 2 aromatic carbocycles. The smallest absolute Gasteiger partial charge is 0.151 e. The van der Waals surface area contributed by atoms with Crippen LogP contribution in [0.4, 0.5) is 4.39 Å². The summed E-state index contributed by atoms with van der Waals surface area (Å²) in [5.74, 6) is 0.527. The van der Waals surface area contributed by atoms with Crippen molar-refractivity contribution < 1.29 is 9.50 Å². The predicted octanol–water partition coefficient (Wildman–Crippen LogP) is 3.19. The van der Waals surface area contributed by atoms with Crippen LogP contribution in [0.5, 0.6) is 0 Å². The monoisotopic (exact) mass is 327 g/mol. The summed E-state index contributed by atoms with van der Waals surface area (Å²) in [5, 5.41) is 9.37. The van der Waals surface area contributed by atoms with Crippen molar-refractivity contribution >= 4 is 11.0 Å². The van der Waals surface area contributed by atoms with Crippen molar-refractivity contribution in [2.75, 3.05) is 13.2 Å². The van der Waals surface area contributed by atoms with Crippen molar-refractivity contribution in [2.45, 2.75) is 26.6 Å². The maximum absolute atomic E-state index is 14.0. The molecule has 0 saturated heterocycles. The maximum Gasteiger partial charge on any atom is 0.151 e. The highest BCUT2D eigenvalue weighted by Crippen LogP contribution is 2.20. The Kier molecular flexibility index (Phi) is 5.23. The van der Waals surface area contributed by atoms with Gasteiger partial charge in [-0.2, -0.15) is 0 Å². The lowest BCUT2D eigenvalue weighted by Gasteiger charge is -2.21. The number of fused-ring (bicyclic) bond motifs is 1. The van der Waals surface area contributed by atoms with Crippen molar-refractivity contribution in [2.24, 2.45) is 0 Å². The van der Waals surface area contributed by atoms with Gasteiger partial charge in [0, 0.05) is 19.6 Å². The Morgan fingerprint density at radius 1 is 1.08 bits per heavy atom. The molecule has 0 radical (unpaired) electrons. The minimum atomic E-state index is -0.294. The van der Waals surface area contributed by atoms with Crippen molar-refractivity contribution in [3.63, 3.8) is 0 Å². The zero-order valence-electron chi connectivity index (χ0n) is 13.8. The molecular formula is C19H22FN3O. The summed E-state index contributed by atoms with van der Waals surface area (Å²) in [7, 11) is 0. The summed E-state index contributed by atoms with van der Waals surface area (Å²) in [6.07, 6.45) is 0. The average molecular weight is 327 g/mol. The topological polar surface area (TPSA) is 41.3 Å². The predicted molar refractivity (Wildman–Crippen MR) is 93.0 cm³/mol. The minimum Gasteiger partial charge on any atom is -0.395 e. The number of benzene rings is 2. The van der Waals surface area contributed by atoms with E-state index in [0.29, 0.717) is 18.6 Å². The molecule has 0 spiro atoms. The Morgan fingerprint density at radius 2 is 1.88 bits per heavy atom. The van der Waals surface area contributed by atoms with Gasteiger partial charge in [-0.1, -0.05) is 36.4 Å². The van der Waals surface area contributed by atoms with E-state index < -0.39 is 0 Å². The third kappa shape index (κ3) is 3.47. The van der Waals surface area contributed by atoms with E-state index in [1.807, 2.05) is 35.8 Å². The molecule has 4 nitrogen and oxygen atoms in total. The van der Waals surface area contributed by atoms with Gasteiger partial charge in [-0.05, 0) is 24.6 Å². The molecule has 0 amide bonds. The lowest BCUT2D eigenvalue weighted by Crippen LogP contribution is -2.27. The molecule has 126 valence electrons. The number of para-hydroxylation sites is 1. The zero-order chi connectivity index (χ0) is 16.9. The van der Waals surface area contributed by atoms with Crippen LogP contribution < -0.4 is 0 Å². The van der Waals surface area contributed by atoms with Crippen LogP contribution in [0, 0.1) is 5.82 Å². The number of aryl methyl sites for hydroxylation is 1. The average Bonchev–Trinajstić information content (AvgIpc) is 2.94. The SMILES string of the molecule is CCn1c(CN(CCO)Cc2ccccc2)nc2c(F)cccc21. The van der Waals surface area contributed by atoms with Gasteiger partial charge in [0.05, 0.1) is 18.7 Å². The van der Waals surface area contributed by atoms with E-state index in [-0.39, 0.29) is 12.4 Å². The highest BCUT2D eigenvalue weighted by atomic mass is 19.1. The molecule has 0 saturated carbocycles. The zero-order valence-corrected chi connectivity index (χ0v) is 13.8. The van der Waals surface area contributed by atoms with Crippen molar-refractivity contribution in [1.82, 2.24) is 14.5 Å². The van der Waals surface area contributed by atoms with E-state index in [1.54, 1.807) is 6.07 Å². The summed E-state index contributed by atoms with van der Waals surface area (Å²) in [6, 6.07) is 15.2. The van der Waals surface area contributed by atoms with Crippen LogP contribution in [0.15, 0.2) is 48.5 Å². The van der Waals surface area contributed by atoms with Crippen LogP contribution in [-0.2, 0) is 19.6 Å². The van der Waals surface area contributed by atoms with Gasteiger partial charge >= 0.3 is 0 Å². The molecule has 3 rings (SSSR count). The second kappa shape index (κ2) is 7.55.